The first-order valence-electron chi connectivity index (χ1n) is 27.0. The van der Waals surface area contributed by atoms with E-state index in [9.17, 15) is 19.0 Å². The zero-order chi connectivity index (χ0) is 50.2. The van der Waals surface area contributed by atoms with Crippen LogP contribution >= 0.6 is 7.82 Å². The zero-order valence-electron chi connectivity index (χ0n) is 43.5. The Morgan fingerprint density at radius 3 is 1.20 bits per heavy atom. The fourth-order valence-corrected chi connectivity index (χ4v) is 7.61. The molecule has 0 aromatic heterocycles. The lowest BCUT2D eigenvalue weighted by molar-refractivity contribution is -0.161. The molecule has 10 heteroatoms. The Bertz CT molecular complexity index is 1540. The number of allylic oxidation sites excluding steroid dienone is 20. The van der Waals surface area contributed by atoms with Crippen LogP contribution in [0.1, 0.15) is 206 Å². The summed E-state index contributed by atoms with van der Waals surface area (Å²) >= 11 is 0. The second kappa shape index (κ2) is 53.8. The third-order valence-corrected chi connectivity index (χ3v) is 11.8. The molecular formula is C59H98NO8P. The maximum absolute atomic E-state index is 12.6. The predicted octanol–water partition coefficient (Wildman–Crippen LogP) is 16.8. The molecule has 2 unspecified atom stereocenters. The summed E-state index contributed by atoms with van der Waals surface area (Å²) in [5.74, 6) is -0.855. The van der Waals surface area contributed by atoms with Crippen LogP contribution in [0.25, 0.3) is 0 Å². The minimum atomic E-state index is -4.39. The molecule has 0 aliphatic rings. The van der Waals surface area contributed by atoms with Gasteiger partial charge < -0.3 is 20.1 Å². The van der Waals surface area contributed by atoms with Crippen molar-refractivity contribution in [1.29, 1.82) is 0 Å². The molecule has 9 nitrogen and oxygen atoms in total. The molecule has 0 saturated carbocycles. The minimum absolute atomic E-state index is 0.0458. The summed E-state index contributed by atoms with van der Waals surface area (Å²) in [7, 11) is -4.39. The van der Waals surface area contributed by atoms with Crippen molar-refractivity contribution in [1.82, 2.24) is 0 Å². The first-order valence-corrected chi connectivity index (χ1v) is 28.5. The van der Waals surface area contributed by atoms with Gasteiger partial charge in [0.2, 0.25) is 0 Å². The molecule has 0 heterocycles. The molecule has 0 aliphatic carbocycles. The van der Waals surface area contributed by atoms with Crippen LogP contribution < -0.4 is 5.73 Å². The van der Waals surface area contributed by atoms with Gasteiger partial charge in [0.15, 0.2) is 6.10 Å². The molecule has 3 N–H and O–H groups in total. The molecule has 2 atom stereocenters. The molecule has 0 spiro atoms. The van der Waals surface area contributed by atoms with Crippen LogP contribution in [0.15, 0.2) is 122 Å². The molecule has 0 amide bonds. The number of hydrogen-bond donors (Lipinski definition) is 2. The van der Waals surface area contributed by atoms with Gasteiger partial charge in [0.05, 0.1) is 13.2 Å². The molecule has 0 saturated heterocycles. The van der Waals surface area contributed by atoms with Crippen molar-refractivity contribution in [3.05, 3.63) is 122 Å². The molecule has 0 fully saturated rings. The topological polar surface area (TPSA) is 134 Å². The first kappa shape index (κ1) is 65.4. The molecular weight excluding hydrogens is 882 g/mol. The van der Waals surface area contributed by atoms with Gasteiger partial charge in [0.25, 0.3) is 0 Å². The first-order chi connectivity index (χ1) is 33.8. The minimum Gasteiger partial charge on any atom is -0.462 e. The third kappa shape index (κ3) is 53.6. The van der Waals surface area contributed by atoms with Gasteiger partial charge in [0.1, 0.15) is 6.61 Å². The van der Waals surface area contributed by atoms with Crippen molar-refractivity contribution in [2.45, 2.75) is 213 Å². The van der Waals surface area contributed by atoms with E-state index in [0.29, 0.717) is 12.8 Å². The smallest absolute Gasteiger partial charge is 0.462 e. The van der Waals surface area contributed by atoms with Crippen LogP contribution in [0.5, 0.6) is 0 Å². The lowest BCUT2D eigenvalue weighted by Crippen LogP contribution is -2.29. The van der Waals surface area contributed by atoms with Crippen molar-refractivity contribution < 1.29 is 37.6 Å². The Morgan fingerprint density at radius 2 is 0.797 bits per heavy atom. The van der Waals surface area contributed by atoms with Gasteiger partial charge in [-0.15, -0.1) is 0 Å². The Hall–Kier alpha value is -3.59. The average Bonchev–Trinajstić information content (AvgIpc) is 3.34. The van der Waals surface area contributed by atoms with Gasteiger partial charge in [-0.1, -0.05) is 212 Å². The van der Waals surface area contributed by atoms with Crippen LogP contribution in [-0.2, 0) is 32.7 Å². The molecule has 392 valence electrons. The highest BCUT2D eigenvalue weighted by Gasteiger charge is 2.26. The molecule has 0 aromatic carbocycles. The fourth-order valence-electron chi connectivity index (χ4n) is 6.84. The number of carbonyl (C=O) groups is 2. The summed E-state index contributed by atoms with van der Waals surface area (Å²) in [6.45, 7) is 3.54. The number of ether oxygens (including phenoxy) is 2. The Morgan fingerprint density at radius 1 is 0.449 bits per heavy atom. The maximum Gasteiger partial charge on any atom is 0.472 e. The number of rotatable bonds is 49. The van der Waals surface area contributed by atoms with Crippen molar-refractivity contribution in [2.24, 2.45) is 5.73 Å². The van der Waals surface area contributed by atoms with Gasteiger partial charge in [0, 0.05) is 19.4 Å². The molecule has 0 aromatic rings. The van der Waals surface area contributed by atoms with E-state index in [1.165, 1.54) is 44.9 Å². The Balaban J connectivity index is 3.98. The van der Waals surface area contributed by atoms with Crippen LogP contribution in [0.4, 0.5) is 0 Å². The van der Waals surface area contributed by atoms with Gasteiger partial charge in [-0.05, 0) is 103 Å². The SMILES string of the molecule is CC/C=C\C/C=C\C/C=C\C/C=C\C/C=C\C/C=C\C/C=C\C/C=C\C/C=C\CCCCCCCCCCCC(=O)OC(COC(=O)CCCCCCC/C=C\CCCC)COP(=O)(O)OCCN. The number of esters is 2. The number of hydrogen-bond acceptors (Lipinski definition) is 8. The highest BCUT2D eigenvalue weighted by atomic mass is 31.2. The highest BCUT2D eigenvalue weighted by Crippen LogP contribution is 2.43. The molecule has 0 bridgehead atoms. The lowest BCUT2D eigenvalue weighted by Gasteiger charge is -2.19. The number of carbonyl (C=O) groups excluding carboxylic acids is 2. The fraction of sp³-hybridized carbons (Fsp3) is 0.627. The van der Waals surface area contributed by atoms with Gasteiger partial charge >= 0.3 is 19.8 Å². The van der Waals surface area contributed by atoms with Crippen LogP contribution in [0, 0.1) is 0 Å². The Kier molecular flexibility index (Phi) is 51.0. The van der Waals surface area contributed by atoms with E-state index in [-0.39, 0.29) is 32.6 Å². The van der Waals surface area contributed by atoms with Gasteiger partial charge in [-0.3, -0.25) is 18.6 Å². The second-order valence-electron chi connectivity index (χ2n) is 17.4. The average molecular weight is 980 g/mol. The van der Waals surface area contributed by atoms with E-state index in [2.05, 4.69) is 135 Å². The quantitative estimate of drug-likeness (QED) is 0.0264. The van der Waals surface area contributed by atoms with Gasteiger partial charge in [-0.2, -0.15) is 0 Å². The van der Waals surface area contributed by atoms with Crippen LogP contribution in [-0.4, -0.2) is 49.3 Å². The second-order valence-corrected chi connectivity index (χ2v) is 18.8. The molecule has 69 heavy (non-hydrogen) atoms. The van der Waals surface area contributed by atoms with Crippen molar-refractivity contribution >= 4 is 19.8 Å². The summed E-state index contributed by atoms with van der Waals surface area (Å²) in [6, 6.07) is 0. The highest BCUT2D eigenvalue weighted by molar-refractivity contribution is 7.47. The van der Waals surface area contributed by atoms with E-state index in [1.54, 1.807) is 0 Å². The lowest BCUT2D eigenvalue weighted by atomic mass is 10.1. The number of phosphoric ester groups is 1. The summed E-state index contributed by atoms with van der Waals surface area (Å²) < 4.78 is 32.8. The maximum atomic E-state index is 12.6. The number of phosphoric acid groups is 1. The zero-order valence-corrected chi connectivity index (χ0v) is 44.4. The molecule has 0 radical (unpaired) electrons. The van der Waals surface area contributed by atoms with E-state index < -0.39 is 32.5 Å². The van der Waals surface area contributed by atoms with Crippen LogP contribution in [0.2, 0.25) is 0 Å². The van der Waals surface area contributed by atoms with E-state index >= 15 is 0 Å². The van der Waals surface area contributed by atoms with Crippen molar-refractivity contribution in [3.8, 4) is 0 Å². The summed E-state index contributed by atoms with van der Waals surface area (Å²) in [6.07, 6.45) is 74.0. The van der Waals surface area contributed by atoms with E-state index in [1.807, 2.05) is 0 Å². The van der Waals surface area contributed by atoms with Crippen molar-refractivity contribution in [2.75, 3.05) is 26.4 Å². The summed E-state index contributed by atoms with van der Waals surface area (Å²) in [5, 5.41) is 0. The monoisotopic (exact) mass is 980 g/mol. The summed E-state index contributed by atoms with van der Waals surface area (Å²) in [4.78, 5) is 35.0. The predicted molar refractivity (Wildman–Crippen MR) is 293 cm³/mol. The molecule has 0 rings (SSSR count). The van der Waals surface area contributed by atoms with Crippen molar-refractivity contribution in [3.63, 3.8) is 0 Å². The number of unbranched alkanes of at least 4 members (excludes halogenated alkanes) is 16. The summed E-state index contributed by atoms with van der Waals surface area (Å²) in [5.41, 5.74) is 5.36. The number of nitrogens with two attached hydrogens (primary N) is 1. The van der Waals surface area contributed by atoms with E-state index in [0.717, 1.165) is 122 Å². The normalized spacial score (nSPS) is 14.1. The largest absolute Gasteiger partial charge is 0.472 e. The van der Waals surface area contributed by atoms with Crippen LogP contribution in [0.3, 0.4) is 0 Å². The third-order valence-electron chi connectivity index (χ3n) is 10.8. The van der Waals surface area contributed by atoms with E-state index in [4.69, 9.17) is 24.3 Å². The molecule has 0 aliphatic heterocycles. The van der Waals surface area contributed by atoms with Gasteiger partial charge in [-0.25, -0.2) is 4.57 Å². The standard InChI is InChI=1S/C59H98NO8P/c1-3-5-7-9-11-13-15-16-17-18-19-20-21-22-23-24-25-26-27-28-29-30-31-32-33-34-35-36-37-38-39-40-42-44-46-48-50-52-59(62)68-57(56-67-69(63,64)66-54-53-60)55-65-58(61)51-49-47-45-43-41-14-12-10-8-6-4-2/h5,7,10-13,16-17,19-20,22-23,25-26,28-29,31-32,34-35,57H,3-4,6,8-9,14-15,18,21,24,27,30,33,36-56,60H2,1-2H3,(H,63,64)/b7-5-,12-10-,13-11-,17-16-,20-19-,23-22-,26-25-,29-28-,32-31-,35-34-. The Labute approximate surface area is 421 Å².